The molecule has 1 aliphatic rings. The highest BCUT2D eigenvalue weighted by molar-refractivity contribution is 5.76. The maximum Gasteiger partial charge on any atom is 0.109 e. The van der Waals surface area contributed by atoms with E-state index in [9.17, 15) is 0 Å². The van der Waals surface area contributed by atoms with Gasteiger partial charge in [-0.15, -0.1) is 0 Å². The lowest BCUT2D eigenvalue weighted by Crippen LogP contribution is -1.90. The molecule has 0 aliphatic carbocycles. The molecule has 1 aromatic heterocycles. The van der Waals surface area contributed by atoms with Gasteiger partial charge in [0.05, 0.1) is 12.4 Å². The number of para-hydroxylation sites is 2. The van der Waals surface area contributed by atoms with Crippen LogP contribution in [-0.4, -0.2) is 9.55 Å². The predicted octanol–water partition coefficient (Wildman–Crippen LogP) is 1.98. The molecule has 0 saturated heterocycles. The maximum absolute atomic E-state index is 7.70. The average Bonchev–Trinajstić information content (AvgIpc) is 2.65. The number of benzene rings is 1. The highest BCUT2D eigenvalue weighted by atomic mass is 15.1. The van der Waals surface area contributed by atoms with Crippen LogP contribution in [0.3, 0.4) is 0 Å². The third-order valence-electron chi connectivity index (χ3n) is 2.44. The molecule has 0 bridgehead atoms. The van der Waals surface area contributed by atoms with Crippen molar-refractivity contribution in [3.05, 3.63) is 30.1 Å². The minimum Gasteiger partial charge on any atom is -0.328 e. The highest BCUT2D eigenvalue weighted by Crippen LogP contribution is 2.21. The van der Waals surface area contributed by atoms with Gasteiger partial charge in [0.15, 0.2) is 0 Å². The fraction of sp³-hybridized carbons (Fsp3) is 0.300. The van der Waals surface area contributed by atoms with Crippen molar-refractivity contribution in [2.24, 2.45) is 0 Å². The minimum absolute atomic E-state index is 0.541. The van der Waals surface area contributed by atoms with Crippen molar-refractivity contribution in [1.82, 2.24) is 9.55 Å². The molecule has 0 spiro atoms. The van der Waals surface area contributed by atoms with Crippen LogP contribution in [0.4, 0.5) is 0 Å². The molecule has 0 N–H and O–H groups in total. The van der Waals surface area contributed by atoms with Gasteiger partial charge in [-0.1, -0.05) is 12.1 Å². The van der Waals surface area contributed by atoms with E-state index in [-0.39, 0.29) is 0 Å². The van der Waals surface area contributed by atoms with Crippen molar-refractivity contribution < 1.29 is 1.37 Å². The minimum atomic E-state index is 0.541. The van der Waals surface area contributed by atoms with Gasteiger partial charge >= 0.3 is 0 Å². The van der Waals surface area contributed by atoms with E-state index >= 15 is 0 Å². The summed E-state index contributed by atoms with van der Waals surface area (Å²) >= 11 is 0. The van der Waals surface area contributed by atoms with Crippen molar-refractivity contribution >= 4 is 11.0 Å². The van der Waals surface area contributed by atoms with E-state index < -0.39 is 0 Å². The largest absolute Gasteiger partial charge is 0.328 e. The number of aromatic nitrogens is 2. The Hall–Kier alpha value is -1.31. The number of hydrogen-bond acceptors (Lipinski definition) is 1. The summed E-state index contributed by atoms with van der Waals surface area (Å²) in [4.78, 5) is 4.47. The van der Waals surface area contributed by atoms with Crippen LogP contribution in [0.1, 0.15) is 13.6 Å². The molecule has 60 valence electrons. The number of aryl methyl sites for hydroxylation is 2. The average molecular weight is 159 g/mol. The lowest BCUT2D eigenvalue weighted by molar-refractivity contribution is 0.771. The summed E-state index contributed by atoms with van der Waals surface area (Å²) in [7, 11) is 0. The summed E-state index contributed by atoms with van der Waals surface area (Å²) in [6.45, 7) is 1.06. The van der Waals surface area contributed by atoms with Gasteiger partial charge in [0.25, 0.3) is 0 Å². The second kappa shape index (κ2) is 2.09. The quantitative estimate of drug-likeness (QED) is 0.574. The van der Waals surface area contributed by atoms with Crippen LogP contribution in [-0.2, 0) is 13.0 Å². The third-order valence-corrected chi connectivity index (χ3v) is 2.44. The Morgan fingerprint density at radius 3 is 3.50 bits per heavy atom. The van der Waals surface area contributed by atoms with Crippen LogP contribution in [0.15, 0.2) is 24.2 Å². The van der Waals surface area contributed by atoms with E-state index in [1.807, 2.05) is 6.07 Å². The topological polar surface area (TPSA) is 17.8 Å². The molecule has 12 heavy (non-hydrogen) atoms. The van der Waals surface area contributed by atoms with E-state index in [0.717, 1.165) is 29.8 Å². The van der Waals surface area contributed by atoms with Crippen molar-refractivity contribution in [2.45, 2.75) is 19.4 Å². The van der Waals surface area contributed by atoms with Gasteiger partial charge < -0.3 is 4.57 Å². The summed E-state index contributed by atoms with van der Waals surface area (Å²) < 4.78 is 9.93. The van der Waals surface area contributed by atoms with Gasteiger partial charge in [0, 0.05) is 13.0 Å². The smallest absolute Gasteiger partial charge is 0.109 e. The predicted molar refractivity (Wildman–Crippen MR) is 48.1 cm³/mol. The zero-order valence-electron chi connectivity index (χ0n) is 7.75. The molecule has 1 aromatic carbocycles. The van der Waals surface area contributed by atoms with Gasteiger partial charge in [-0.05, 0) is 18.5 Å². The number of hydrogen-bond donors (Lipinski definition) is 0. The fourth-order valence-corrected chi connectivity index (χ4v) is 1.89. The normalized spacial score (nSPS) is 16.5. The number of fused-ring (bicyclic) bond motifs is 3. The van der Waals surface area contributed by atoms with Gasteiger partial charge in [0.1, 0.15) is 5.82 Å². The fourth-order valence-electron chi connectivity index (χ4n) is 1.89. The Kier molecular flexibility index (Phi) is 0.935. The van der Waals surface area contributed by atoms with Crippen molar-refractivity contribution in [1.29, 1.82) is 0 Å². The molecule has 0 saturated carbocycles. The summed E-state index contributed by atoms with van der Waals surface area (Å²) in [5, 5.41) is 0. The van der Waals surface area contributed by atoms with E-state index in [4.69, 9.17) is 1.37 Å². The van der Waals surface area contributed by atoms with Crippen LogP contribution in [0.25, 0.3) is 11.0 Å². The molecule has 1 aliphatic heterocycles. The summed E-state index contributed by atoms with van der Waals surface area (Å²) in [5.74, 6) is 1.15. The zero-order chi connectivity index (χ0) is 8.84. The van der Waals surface area contributed by atoms with E-state index in [0.29, 0.717) is 6.04 Å². The summed E-state index contributed by atoms with van der Waals surface area (Å²) in [6.07, 6.45) is 2.26. The molecule has 2 heterocycles. The van der Waals surface area contributed by atoms with E-state index in [1.165, 1.54) is 6.42 Å². The van der Waals surface area contributed by atoms with E-state index in [1.54, 1.807) is 6.07 Å². The second-order valence-electron chi connectivity index (χ2n) is 3.19. The van der Waals surface area contributed by atoms with Crippen LogP contribution >= 0.6 is 0 Å². The van der Waals surface area contributed by atoms with E-state index in [2.05, 4.69) is 15.6 Å². The number of nitrogens with zero attached hydrogens (tertiary/aromatic N) is 2. The molecule has 0 atom stereocenters. The summed E-state index contributed by atoms with van der Waals surface area (Å²) in [5.41, 5.74) is 1.98. The van der Waals surface area contributed by atoms with Crippen LogP contribution in [0, 0.1) is 0 Å². The molecular formula is C10H10N2. The van der Waals surface area contributed by atoms with Crippen LogP contribution in [0.5, 0.6) is 0 Å². The molecule has 0 amide bonds. The van der Waals surface area contributed by atoms with Crippen LogP contribution in [0.2, 0.25) is 0 Å². The Morgan fingerprint density at radius 1 is 1.50 bits per heavy atom. The Balaban J connectivity index is 2.44. The first-order chi connectivity index (χ1) is 6.36. The Morgan fingerprint density at radius 2 is 2.50 bits per heavy atom. The van der Waals surface area contributed by atoms with Gasteiger partial charge in [-0.2, -0.15) is 0 Å². The zero-order valence-corrected chi connectivity index (χ0v) is 6.75. The lowest BCUT2D eigenvalue weighted by atomic mass is 10.3. The molecule has 2 aromatic rings. The molecule has 3 rings (SSSR count). The molecule has 2 nitrogen and oxygen atoms in total. The van der Waals surface area contributed by atoms with Gasteiger partial charge in [-0.25, -0.2) is 4.98 Å². The third kappa shape index (κ3) is 0.670. The molecule has 0 radical (unpaired) electrons. The number of rotatable bonds is 0. The summed E-state index contributed by atoms with van der Waals surface area (Å²) in [6, 6.07) is 6.32. The Bertz CT molecular complexity index is 473. The first-order valence-corrected chi connectivity index (χ1v) is 4.31. The molecule has 2 heteroatoms. The number of imidazole rings is 1. The van der Waals surface area contributed by atoms with Crippen molar-refractivity contribution in [3.8, 4) is 0 Å². The standard InChI is InChI=1S/C10H10N2/c1-2-5-9-8(4-1)11-10-6-3-7-12(9)10/h1-2,4-5H,3,6-7H2/i4D. The maximum atomic E-state index is 7.70. The second-order valence-corrected chi connectivity index (χ2v) is 3.19. The molecular weight excluding hydrogens is 148 g/mol. The molecule has 0 fully saturated rings. The highest BCUT2D eigenvalue weighted by Gasteiger charge is 2.14. The SMILES string of the molecule is [2H]c1cccc2c1nc1n2CCC1. The van der Waals surface area contributed by atoms with Crippen molar-refractivity contribution in [2.75, 3.05) is 0 Å². The Labute approximate surface area is 72.2 Å². The lowest BCUT2D eigenvalue weighted by Gasteiger charge is -1.95. The molecule has 0 unspecified atom stereocenters. The van der Waals surface area contributed by atoms with Crippen LogP contribution < -0.4 is 0 Å². The first-order valence-electron chi connectivity index (χ1n) is 4.81. The van der Waals surface area contributed by atoms with Gasteiger partial charge in [0.2, 0.25) is 0 Å². The first kappa shape index (κ1) is 5.36. The monoisotopic (exact) mass is 159 g/mol. The van der Waals surface area contributed by atoms with Crippen molar-refractivity contribution in [3.63, 3.8) is 0 Å². The van der Waals surface area contributed by atoms with Gasteiger partial charge in [-0.3, -0.25) is 0 Å².